The van der Waals surface area contributed by atoms with Gasteiger partial charge in [-0.05, 0) is 119 Å². The van der Waals surface area contributed by atoms with Gasteiger partial charge in [-0.1, -0.05) is 29.8 Å². The second kappa shape index (κ2) is 22.4. The van der Waals surface area contributed by atoms with Crippen molar-refractivity contribution in [2.24, 2.45) is 11.8 Å². The third-order valence-electron chi connectivity index (χ3n) is 14.5. The number of piperazine rings is 1. The normalized spacial score (nSPS) is 21.6. The molecular weight excluding hydrogens is 967 g/mol. The van der Waals surface area contributed by atoms with Crippen LogP contribution in [0.2, 0.25) is 5.02 Å². The molecule has 2 saturated heterocycles. The molecule has 0 radical (unpaired) electrons. The van der Waals surface area contributed by atoms with Crippen molar-refractivity contribution in [3.05, 3.63) is 75.5 Å². The number of ether oxygens (including phenoxy) is 1. The number of carbonyl (C=O) groups is 4. The van der Waals surface area contributed by atoms with E-state index >= 15 is 4.39 Å². The Balaban J connectivity index is 0.814. The van der Waals surface area contributed by atoms with Crippen molar-refractivity contribution in [2.75, 3.05) is 69.8 Å². The molecule has 16 nitrogen and oxygen atoms in total. The van der Waals surface area contributed by atoms with Crippen molar-refractivity contribution >= 4 is 75.8 Å². The number of aliphatic hydroxyl groups excluding tert-OH is 1. The number of β-amino-alcohol motifs (C(OH)–C–C–N with tert-alkyl or cyclic N) is 1. The smallest absolute Gasteiger partial charge is 0.258 e. The van der Waals surface area contributed by atoms with Crippen LogP contribution in [0.25, 0.3) is 10.4 Å². The molecule has 8 rings (SSSR count). The summed E-state index contributed by atoms with van der Waals surface area (Å²) in [5.74, 6) is 1.24. The van der Waals surface area contributed by atoms with Gasteiger partial charge in [0.15, 0.2) is 5.67 Å². The summed E-state index contributed by atoms with van der Waals surface area (Å²) in [6, 6.07) is 9.28. The van der Waals surface area contributed by atoms with Gasteiger partial charge >= 0.3 is 0 Å². The molecule has 2 aliphatic carbocycles. The lowest BCUT2D eigenvalue weighted by molar-refractivity contribution is -0.143. The Labute approximate surface area is 428 Å². The quantitative estimate of drug-likeness (QED) is 0.0685. The van der Waals surface area contributed by atoms with Crippen LogP contribution in [0.5, 0.6) is 5.75 Å². The fourth-order valence-electron chi connectivity index (χ4n) is 9.85. The van der Waals surface area contributed by atoms with Gasteiger partial charge in [-0.25, -0.2) is 14.4 Å². The molecule has 4 aliphatic rings. The topological polar surface area (TPSA) is 194 Å². The molecule has 2 aromatic carbocycles. The number of hydrogen-bond acceptors (Lipinski definition) is 14. The summed E-state index contributed by atoms with van der Waals surface area (Å²) in [7, 11) is 3.28. The highest BCUT2D eigenvalue weighted by atomic mass is 35.5. The van der Waals surface area contributed by atoms with Crippen LogP contribution in [0.4, 0.5) is 21.8 Å². The summed E-state index contributed by atoms with van der Waals surface area (Å²) in [6.07, 6.45) is 5.00. The first kappa shape index (κ1) is 52.2. The first-order valence-corrected chi connectivity index (χ1v) is 26.8. The van der Waals surface area contributed by atoms with Gasteiger partial charge in [0.25, 0.3) is 11.8 Å². The van der Waals surface area contributed by atoms with E-state index in [9.17, 15) is 24.3 Å². The number of likely N-dealkylation sites (tertiary alicyclic amines) is 1. The van der Waals surface area contributed by atoms with Crippen LogP contribution in [0.3, 0.4) is 0 Å². The van der Waals surface area contributed by atoms with E-state index in [-0.39, 0.29) is 38.3 Å². The largest absolute Gasteiger partial charge is 0.495 e. The van der Waals surface area contributed by atoms with E-state index in [1.165, 1.54) is 11.1 Å². The molecule has 0 bridgehead atoms. The van der Waals surface area contributed by atoms with Crippen molar-refractivity contribution in [3.8, 4) is 16.2 Å². The fraction of sp³-hybridized carbons (Fsp3) is 0.549. The molecule has 2 saturated carbocycles. The van der Waals surface area contributed by atoms with Gasteiger partial charge in [-0.15, -0.1) is 11.3 Å². The van der Waals surface area contributed by atoms with Crippen molar-refractivity contribution < 1.29 is 33.4 Å². The minimum Gasteiger partial charge on any atom is -0.495 e. The number of halogens is 2. The fourth-order valence-corrected chi connectivity index (χ4v) is 12.2. The Kier molecular flexibility index (Phi) is 16.5. The highest BCUT2D eigenvalue weighted by Crippen LogP contribution is 2.42. The number of nitrogens with zero attached hydrogens (tertiary/aromatic N) is 6. The third-order valence-corrected chi connectivity index (χ3v) is 17.4. The lowest BCUT2D eigenvalue weighted by atomic mass is 9.82. The number of carbonyl (C=O) groups excluding carboxylic acids is 4. The van der Waals surface area contributed by atoms with E-state index in [4.69, 9.17) is 16.3 Å². The number of amides is 4. The first-order valence-electron chi connectivity index (χ1n) is 24.5. The van der Waals surface area contributed by atoms with Crippen LogP contribution >= 0.6 is 34.7 Å². The van der Waals surface area contributed by atoms with E-state index < -0.39 is 46.3 Å². The molecule has 4 fully saturated rings. The predicted molar refractivity (Wildman–Crippen MR) is 277 cm³/mol. The van der Waals surface area contributed by atoms with Crippen LogP contribution in [-0.2, 0) is 20.9 Å². The number of alkyl halides is 1. The zero-order valence-corrected chi connectivity index (χ0v) is 43.7. The van der Waals surface area contributed by atoms with Gasteiger partial charge in [-0.2, -0.15) is 16.7 Å². The number of aliphatic hydroxyl groups is 1. The minimum atomic E-state index is -2.00. The molecule has 4 heterocycles. The Morgan fingerprint density at radius 2 is 1.76 bits per heavy atom. The molecule has 2 aromatic heterocycles. The summed E-state index contributed by atoms with van der Waals surface area (Å²) < 4.78 is 20.0. The molecule has 5 N–H and O–H groups in total. The highest BCUT2D eigenvalue weighted by Gasteiger charge is 2.54. The zero-order chi connectivity index (χ0) is 50.6. The summed E-state index contributed by atoms with van der Waals surface area (Å²) in [4.78, 5) is 75.1. The van der Waals surface area contributed by atoms with Gasteiger partial charge in [0.05, 0.1) is 41.2 Å². The molecule has 4 aromatic rings. The van der Waals surface area contributed by atoms with E-state index in [0.717, 1.165) is 78.3 Å². The van der Waals surface area contributed by atoms with E-state index in [0.29, 0.717) is 58.7 Å². The van der Waals surface area contributed by atoms with Crippen molar-refractivity contribution in [3.63, 3.8) is 0 Å². The number of anilines is 3. The van der Waals surface area contributed by atoms with Crippen molar-refractivity contribution in [2.45, 2.75) is 108 Å². The van der Waals surface area contributed by atoms with Gasteiger partial charge in [0.2, 0.25) is 17.8 Å². The first-order chi connectivity index (χ1) is 33.9. The molecule has 382 valence electrons. The van der Waals surface area contributed by atoms with Gasteiger partial charge in [0, 0.05) is 69.6 Å². The maximum absolute atomic E-state index is 15.2. The van der Waals surface area contributed by atoms with Gasteiger partial charge in [0.1, 0.15) is 28.7 Å². The van der Waals surface area contributed by atoms with Crippen LogP contribution < -0.4 is 26.0 Å². The number of aromatic nitrogens is 3. The standard InChI is InChI=1S/C51H66ClFN10O6S2/c1-30-21-34(42-31(2)57-29-70-42)11-12-36(30)24-55-45(65)40-23-37(64)27-63(40)47(67)43(59-48(68)51(53)15-16-51)50(3,4)71-28-33-9-7-32(8-10-33)26-61-17-19-62(20-18-61)46(66)35-13-14-39(41(22-35)69-6)58-49-56-25-38(52)44(54-5)60-49/h11-14,21-22,25,29,32-33,37,40,43,64H,7-10,15-20,23-24,26-28H2,1-6H3,(H,55,65)(H,59,68)(H2,54,56,58,60)/t32-,33+,37-,40?,43-/m1/s1. The number of thioether (sulfide) groups is 1. The Bertz CT molecular complexity index is 2580. The Morgan fingerprint density at radius 1 is 1.03 bits per heavy atom. The van der Waals surface area contributed by atoms with Crippen molar-refractivity contribution in [1.82, 2.24) is 40.3 Å². The average molecular weight is 1030 g/mol. The summed E-state index contributed by atoms with van der Waals surface area (Å²) in [5, 5.41) is 23.1. The number of rotatable bonds is 18. The van der Waals surface area contributed by atoms with Crippen molar-refractivity contribution in [1.29, 1.82) is 0 Å². The van der Waals surface area contributed by atoms with E-state index in [1.807, 2.05) is 50.2 Å². The number of hydrogen-bond donors (Lipinski definition) is 5. The molecule has 3 atom stereocenters. The second-order valence-electron chi connectivity index (χ2n) is 20.0. The molecular formula is C51H66ClFN10O6S2. The monoisotopic (exact) mass is 1030 g/mol. The number of nitrogens with one attached hydrogen (secondary N) is 4. The predicted octanol–water partition coefficient (Wildman–Crippen LogP) is 7.01. The Morgan fingerprint density at radius 3 is 2.42 bits per heavy atom. The average Bonchev–Trinajstić information content (AvgIpc) is 3.77. The molecule has 0 spiro atoms. The zero-order valence-electron chi connectivity index (χ0n) is 41.4. The second-order valence-corrected chi connectivity index (χ2v) is 22.9. The summed E-state index contributed by atoms with van der Waals surface area (Å²) in [5.41, 5.74) is 4.91. The van der Waals surface area contributed by atoms with Crippen LogP contribution in [0, 0.1) is 25.7 Å². The minimum absolute atomic E-state index is 0.0504. The molecule has 2 aliphatic heterocycles. The maximum atomic E-state index is 15.2. The summed E-state index contributed by atoms with van der Waals surface area (Å²) >= 11 is 9.31. The summed E-state index contributed by atoms with van der Waals surface area (Å²) in [6.45, 7) is 11.7. The number of aryl methyl sites for hydroxylation is 2. The molecule has 1 unspecified atom stereocenters. The highest BCUT2D eigenvalue weighted by molar-refractivity contribution is 8.00. The van der Waals surface area contributed by atoms with Crippen LogP contribution in [0.1, 0.15) is 86.0 Å². The maximum Gasteiger partial charge on any atom is 0.258 e. The third kappa shape index (κ3) is 12.4. The number of benzene rings is 2. The van der Waals surface area contributed by atoms with Gasteiger partial charge < -0.3 is 40.9 Å². The molecule has 20 heteroatoms. The Hall–Kier alpha value is -5.08. The number of thiazole rings is 1. The van der Waals surface area contributed by atoms with Crippen LogP contribution in [0.15, 0.2) is 48.1 Å². The lowest BCUT2D eigenvalue weighted by Crippen LogP contribution is -2.61. The SMILES string of the molecule is CNc1nc(Nc2ccc(C(=O)N3CCN(C[C@H]4CC[C@@H](CSC(C)(C)[C@H](NC(=O)C5(F)CC5)C(=O)N5C[C@H](O)CC5C(=O)NCc5ccc(-c6scnc6C)cc5C)CC4)CC3)cc2OC)ncc1Cl. The lowest BCUT2D eigenvalue weighted by Gasteiger charge is -2.40. The number of methoxy groups -OCH3 is 1. The van der Waals surface area contributed by atoms with E-state index in [1.54, 1.807) is 55.5 Å². The van der Waals surface area contributed by atoms with Gasteiger partial charge in [-0.3, -0.25) is 24.1 Å². The molecule has 4 amide bonds. The molecule has 71 heavy (non-hydrogen) atoms. The van der Waals surface area contributed by atoms with Crippen LogP contribution in [-0.4, -0.2) is 146 Å². The van der Waals surface area contributed by atoms with E-state index in [2.05, 4.69) is 47.2 Å².